The van der Waals surface area contributed by atoms with Crippen molar-refractivity contribution < 1.29 is 4.74 Å². The van der Waals surface area contributed by atoms with Crippen molar-refractivity contribution in [2.24, 2.45) is 0 Å². The SMILES string of the molecule is CCNCc1cn(Cc2ccccc2OCC)nn1. The summed E-state index contributed by atoms with van der Waals surface area (Å²) in [4.78, 5) is 0. The van der Waals surface area contributed by atoms with Gasteiger partial charge in [0.1, 0.15) is 5.75 Å². The quantitative estimate of drug-likeness (QED) is 0.825. The molecule has 5 heteroatoms. The first-order valence-corrected chi connectivity index (χ1v) is 6.64. The molecule has 0 fully saturated rings. The van der Waals surface area contributed by atoms with Crippen molar-refractivity contribution in [2.75, 3.05) is 13.2 Å². The van der Waals surface area contributed by atoms with E-state index in [0.29, 0.717) is 13.2 Å². The van der Waals surface area contributed by atoms with Gasteiger partial charge < -0.3 is 10.1 Å². The molecule has 0 unspecified atom stereocenters. The zero-order valence-electron chi connectivity index (χ0n) is 11.5. The molecular weight excluding hydrogens is 240 g/mol. The average molecular weight is 260 g/mol. The highest BCUT2D eigenvalue weighted by Crippen LogP contribution is 2.18. The Kier molecular flexibility index (Phi) is 4.92. The van der Waals surface area contributed by atoms with Crippen molar-refractivity contribution in [3.63, 3.8) is 0 Å². The number of ether oxygens (including phenoxy) is 1. The van der Waals surface area contributed by atoms with E-state index >= 15 is 0 Å². The molecule has 2 aromatic rings. The van der Waals surface area contributed by atoms with Gasteiger partial charge in [-0.1, -0.05) is 30.3 Å². The van der Waals surface area contributed by atoms with E-state index in [-0.39, 0.29) is 0 Å². The van der Waals surface area contributed by atoms with E-state index < -0.39 is 0 Å². The number of para-hydroxylation sites is 1. The first kappa shape index (κ1) is 13.5. The Morgan fingerprint density at radius 1 is 1.26 bits per heavy atom. The molecule has 0 amide bonds. The summed E-state index contributed by atoms with van der Waals surface area (Å²) in [5.74, 6) is 0.911. The van der Waals surface area contributed by atoms with Crippen LogP contribution in [0.5, 0.6) is 5.75 Å². The molecule has 0 aliphatic rings. The molecule has 0 spiro atoms. The van der Waals surface area contributed by atoms with Gasteiger partial charge in [0.25, 0.3) is 0 Å². The number of nitrogens with one attached hydrogen (secondary N) is 1. The zero-order chi connectivity index (χ0) is 13.5. The highest BCUT2D eigenvalue weighted by atomic mass is 16.5. The lowest BCUT2D eigenvalue weighted by Gasteiger charge is -2.09. The van der Waals surface area contributed by atoms with Crippen LogP contribution in [0.25, 0.3) is 0 Å². The largest absolute Gasteiger partial charge is 0.494 e. The van der Waals surface area contributed by atoms with Crippen LogP contribution in [0, 0.1) is 0 Å². The van der Waals surface area contributed by atoms with E-state index in [4.69, 9.17) is 4.74 Å². The van der Waals surface area contributed by atoms with Crippen molar-refractivity contribution in [2.45, 2.75) is 26.9 Å². The summed E-state index contributed by atoms with van der Waals surface area (Å²) in [5.41, 5.74) is 2.07. The molecule has 0 atom stereocenters. The first-order valence-electron chi connectivity index (χ1n) is 6.64. The lowest BCUT2D eigenvalue weighted by Crippen LogP contribution is -2.11. The van der Waals surface area contributed by atoms with Crippen molar-refractivity contribution in [1.82, 2.24) is 20.3 Å². The highest BCUT2D eigenvalue weighted by molar-refractivity contribution is 5.33. The van der Waals surface area contributed by atoms with E-state index in [1.165, 1.54) is 0 Å². The monoisotopic (exact) mass is 260 g/mol. The second-order valence-electron chi connectivity index (χ2n) is 4.23. The van der Waals surface area contributed by atoms with Crippen LogP contribution in [-0.4, -0.2) is 28.1 Å². The van der Waals surface area contributed by atoms with Crippen LogP contribution >= 0.6 is 0 Å². The van der Waals surface area contributed by atoms with Gasteiger partial charge in [-0.2, -0.15) is 0 Å². The number of benzene rings is 1. The van der Waals surface area contributed by atoms with Gasteiger partial charge in [0.05, 0.1) is 25.0 Å². The highest BCUT2D eigenvalue weighted by Gasteiger charge is 2.05. The lowest BCUT2D eigenvalue weighted by atomic mass is 10.2. The Morgan fingerprint density at radius 2 is 2.11 bits per heavy atom. The van der Waals surface area contributed by atoms with E-state index in [1.54, 1.807) is 0 Å². The number of hydrogen-bond donors (Lipinski definition) is 1. The molecule has 1 aromatic heterocycles. The molecule has 2 rings (SSSR count). The Balaban J connectivity index is 2.06. The molecule has 0 radical (unpaired) electrons. The maximum Gasteiger partial charge on any atom is 0.124 e. The minimum atomic E-state index is 0.667. The molecule has 0 aliphatic carbocycles. The Hall–Kier alpha value is -1.88. The van der Waals surface area contributed by atoms with Crippen LogP contribution in [0.2, 0.25) is 0 Å². The third-order valence-electron chi connectivity index (χ3n) is 2.75. The van der Waals surface area contributed by atoms with E-state index in [0.717, 1.165) is 30.1 Å². The van der Waals surface area contributed by atoms with Gasteiger partial charge in [0.15, 0.2) is 0 Å². The molecule has 1 heterocycles. The van der Waals surface area contributed by atoms with Gasteiger partial charge >= 0.3 is 0 Å². The fourth-order valence-electron chi connectivity index (χ4n) is 1.86. The van der Waals surface area contributed by atoms with Crippen LogP contribution < -0.4 is 10.1 Å². The van der Waals surface area contributed by atoms with Gasteiger partial charge in [-0.05, 0) is 19.5 Å². The minimum Gasteiger partial charge on any atom is -0.494 e. The normalized spacial score (nSPS) is 10.6. The van der Waals surface area contributed by atoms with E-state index in [2.05, 4.69) is 28.6 Å². The molecule has 0 saturated heterocycles. The molecule has 0 bridgehead atoms. The molecule has 1 N–H and O–H groups in total. The molecule has 102 valence electrons. The Morgan fingerprint density at radius 3 is 2.89 bits per heavy atom. The predicted octanol–water partition coefficient (Wildman–Crippen LogP) is 1.83. The van der Waals surface area contributed by atoms with Crippen LogP contribution in [-0.2, 0) is 13.1 Å². The molecule has 5 nitrogen and oxygen atoms in total. The van der Waals surface area contributed by atoms with E-state index in [1.807, 2.05) is 36.0 Å². The molecule has 0 saturated carbocycles. The summed E-state index contributed by atoms with van der Waals surface area (Å²) in [6.45, 7) is 7.09. The van der Waals surface area contributed by atoms with Crippen LogP contribution in [0.4, 0.5) is 0 Å². The van der Waals surface area contributed by atoms with Crippen molar-refractivity contribution >= 4 is 0 Å². The average Bonchev–Trinajstić information content (AvgIpc) is 2.87. The van der Waals surface area contributed by atoms with Crippen molar-refractivity contribution in [1.29, 1.82) is 0 Å². The number of aromatic nitrogens is 3. The maximum absolute atomic E-state index is 5.61. The summed E-state index contributed by atoms with van der Waals surface area (Å²) in [5, 5.41) is 11.5. The smallest absolute Gasteiger partial charge is 0.124 e. The van der Waals surface area contributed by atoms with Crippen LogP contribution in [0.1, 0.15) is 25.1 Å². The van der Waals surface area contributed by atoms with Gasteiger partial charge in [-0.25, -0.2) is 4.68 Å². The van der Waals surface area contributed by atoms with Crippen LogP contribution in [0.3, 0.4) is 0 Å². The summed E-state index contributed by atoms with van der Waals surface area (Å²) < 4.78 is 7.44. The summed E-state index contributed by atoms with van der Waals surface area (Å²) in [6, 6.07) is 8.02. The molecule has 19 heavy (non-hydrogen) atoms. The first-order chi connectivity index (χ1) is 9.33. The standard InChI is InChI=1S/C14H20N4O/c1-3-15-9-13-11-18(17-16-13)10-12-7-5-6-8-14(12)19-4-2/h5-8,11,15H,3-4,9-10H2,1-2H3. The van der Waals surface area contributed by atoms with Crippen LogP contribution in [0.15, 0.2) is 30.5 Å². The van der Waals surface area contributed by atoms with Gasteiger partial charge in [-0.15, -0.1) is 5.10 Å². The zero-order valence-corrected chi connectivity index (χ0v) is 11.5. The maximum atomic E-state index is 5.61. The predicted molar refractivity (Wildman–Crippen MR) is 74.1 cm³/mol. The summed E-state index contributed by atoms with van der Waals surface area (Å²) in [7, 11) is 0. The molecule has 0 aliphatic heterocycles. The number of rotatable bonds is 7. The minimum absolute atomic E-state index is 0.667. The summed E-state index contributed by atoms with van der Waals surface area (Å²) >= 11 is 0. The second kappa shape index (κ2) is 6.89. The van der Waals surface area contributed by atoms with E-state index in [9.17, 15) is 0 Å². The lowest BCUT2D eigenvalue weighted by molar-refractivity contribution is 0.335. The third kappa shape index (κ3) is 3.79. The fraction of sp³-hybridized carbons (Fsp3) is 0.429. The topological polar surface area (TPSA) is 52.0 Å². The van der Waals surface area contributed by atoms with Gasteiger partial charge in [0, 0.05) is 12.1 Å². The Bertz CT molecular complexity index is 510. The summed E-state index contributed by atoms with van der Waals surface area (Å²) in [6.07, 6.45) is 1.96. The molecular formula is C14H20N4O. The third-order valence-corrected chi connectivity index (χ3v) is 2.75. The number of hydrogen-bond acceptors (Lipinski definition) is 4. The molecule has 1 aromatic carbocycles. The van der Waals surface area contributed by atoms with Gasteiger partial charge in [-0.3, -0.25) is 0 Å². The van der Waals surface area contributed by atoms with Gasteiger partial charge in [0.2, 0.25) is 0 Å². The fourth-order valence-corrected chi connectivity index (χ4v) is 1.86. The number of nitrogens with zero attached hydrogens (tertiary/aromatic N) is 3. The van der Waals surface area contributed by atoms with Crippen molar-refractivity contribution in [3.05, 3.63) is 41.7 Å². The Labute approximate surface area is 113 Å². The van der Waals surface area contributed by atoms with Crippen molar-refractivity contribution in [3.8, 4) is 5.75 Å². The second-order valence-corrected chi connectivity index (χ2v) is 4.23.